The second kappa shape index (κ2) is 10.8. The summed E-state index contributed by atoms with van der Waals surface area (Å²) in [5.74, 6) is 0.639. The molecule has 150 valence electrons. The van der Waals surface area contributed by atoms with Crippen molar-refractivity contribution in [2.24, 2.45) is 0 Å². The molecule has 3 rings (SSSR count). The summed E-state index contributed by atoms with van der Waals surface area (Å²) in [5, 5.41) is 2.92. The van der Waals surface area contributed by atoms with Crippen LogP contribution in [-0.2, 0) is 11.3 Å². The molecule has 1 heterocycles. The van der Waals surface area contributed by atoms with Gasteiger partial charge in [-0.15, -0.1) is 0 Å². The molecule has 0 aromatic heterocycles. The summed E-state index contributed by atoms with van der Waals surface area (Å²) in [6.07, 6.45) is 1.02. The maximum atomic E-state index is 13.0. The van der Waals surface area contributed by atoms with Crippen molar-refractivity contribution in [1.82, 2.24) is 15.1 Å². The Morgan fingerprint density at radius 2 is 1.68 bits per heavy atom. The number of hydrogen-bond donors (Lipinski definition) is 1. The van der Waals surface area contributed by atoms with E-state index in [0.29, 0.717) is 19.7 Å². The molecule has 1 N–H and O–H groups in total. The van der Waals surface area contributed by atoms with Crippen LogP contribution in [0, 0.1) is 5.82 Å². The lowest BCUT2D eigenvalue weighted by atomic mass is 10.2. The van der Waals surface area contributed by atoms with Crippen molar-refractivity contribution in [2.75, 3.05) is 45.9 Å². The number of hydrogen-bond acceptors (Lipinski definition) is 4. The summed E-state index contributed by atoms with van der Waals surface area (Å²) in [7, 11) is 0. The molecule has 6 heteroatoms. The van der Waals surface area contributed by atoms with Gasteiger partial charge in [0.1, 0.15) is 18.2 Å². The Morgan fingerprint density at radius 1 is 0.964 bits per heavy atom. The summed E-state index contributed by atoms with van der Waals surface area (Å²) in [5.41, 5.74) is 1.12. The molecule has 1 amide bonds. The van der Waals surface area contributed by atoms with E-state index in [1.165, 1.54) is 12.1 Å². The molecule has 0 saturated carbocycles. The fourth-order valence-corrected chi connectivity index (χ4v) is 3.32. The van der Waals surface area contributed by atoms with Crippen molar-refractivity contribution in [3.63, 3.8) is 0 Å². The van der Waals surface area contributed by atoms with E-state index >= 15 is 0 Å². The van der Waals surface area contributed by atoms with Gasteiger partial charge in [-0.3, -0.25) is 14.6 Å². The fourth-order valence-electron chi connectivity index (χ4n) is 3.32. The topological polar surface area (TPSA) is 44.8 Å². The number of nitrogens with zero attached hydrogens (tertiary/aromatic N) is 2. The van der Waals surface area contributed by atoms with Crippen molar-refractivity contribution >= 4 is 5.91 Å². The van der Waals surface area contributed by atoms with Gasteiger partial charge in [0.15, 0.2) is 0 Å². The van der Waals surface area contributed by atoms with Crippen molar-refractivity contribution in [3.05, 3.63) is 66.0 Å². The largest absolute Gasteiger partial charge is 0.492 e. The SMILES string of the molecule is O=C(CN1CCCN(Cc2ccc(F)cc2)CC1)NCCOc1ccccc1. The number of ether oxygens (including phenoxy) is 1. The number of nitrogens with one attached hydrogen (secondary N) is 1. The van der Waals surface area contributed by atoms with Gasteiger partial charge in [0, 0.05) is 19.6 Å². The van der Waals surface area contributed by atoms with E-state index in [0.717, 1.165) is 50.5 Å². The van der Waals surface area contributed by atoms with Gasteiger partial charge in [0.05, 0.1) is 13.1 Å². The minimum absolute atomic E-state index is 0.0312. The lowest BCUT2D eigenvalue weighted by molar-refractivity contribution is -0.122. The summed E-state index contributed by atoms with van der Waals surface area (Å²) in [4.78, 5) is 16.7. The first-order valence-electron chi connectivity index (χ1n) is 9.83. The Hall–Kier alpha value is -2.44. The minimum atomic E-state index is -0.203. The second-order valence-corrected chi connectivity index (χ2v) is 7.04. The molecule has 1 aliphatic heterocycles. The normalized spacial score (nSPS) is 15.8. The quantitative estimate of drug-likeness (QED) is 0.710. The van der Waals surface area contributed by atoms with E-state index in [2.05, 4.69) is 15.1 Å². The van der Waals surface area contributed by atoms with Crippen molar-refractivity contribution in [2.45, 2.75) is 13.0 Å². The minimum Gasteiger partial charge on any atom is -0.492 e. The first kappa shape index (κ1) is 20.3. The van der Waals surface area contributed by atoms with Gasteiger partial charge >= 0.3 is 0 Å². The summed E-state index contributed by atoms with van der Waals surface area (Å²) in [6.45, 7) is 5.84. The molecular formula is C22H28FN3O2. The molecule has 1 aliphatic rings. The van der Waals surface area contributed by atoms with Gasteiger partial charge in [-0.05, 0) is 49.3 Å². The average molecular weight is 385 g/mol. The second-order valence-electron chi connectivity index (χ2n) is 7.04. The van der Waals surface area contributed by atoms with Crippen molar-refractivity contribution in [3.8, 4) is 5.75 Å². The highest BCUT2D eigenvalue weighted by Gasteiger charge is 2.17. The maximum absolute atomic E-state index is 13.0. The van der Waals surface area contributed by atoms with Gasteiger partial charge in [0.2, 0.25) is 5.91 Å². The lowest BCUT2D eigenvalue weighted by Crippen LogP contribution is -2.40. The Bertz CT molecular complexity index is 724. The number of rotatable bonds is 8. The molecule has 0 bridgehead atoms. The molecule has 2 aromatic carbocycles. The van der Waals surface area contributed by atoms with Crippen LogP contribution in [0.25, 0.3) is 0 Å². The zero-order valence-electron chi connectivity index (χ0n) is 16.1. The molecule has 28 heavy (non-hydrogen) atoms. The Morgan fingerprint density at radius 3 is 2.46 bits per heavy atom. The number of benzene rings is 2. The standard InChI is InChI=1S/C22H28FN3O2/c23-20-9-7-19(8-10-20)17-25-12-4-13-26(15-14-25)18-22(27)24-11-16-28-21-5-2-1-3-6-21/h1-3,5-10H,4,11-18H2,(H,24,27). The summed E-state index contributed by atoms with van der Waals surface area (Å²) < 4.78 is 18.6. The Balaban J connectivity index is 1.33. The summed E-state index contributed by atoms with van der Waals surface area (Å²) in [6, 6.07) is 16.3. The molecule has 0 aliphatic carbocycles. The molecule has 0 radical (unpaired) electrons. The third-order valence-electron chi connectivity index (χ3n) is 4.80. The zero-order valence-corrected chi connectivity index (χ0v) is 16.1. The predicted octanol–water partition coefficient (Wildman–Crippen LogP) is 2.53. The maximum Gasteiger partial charge on any atom is 0.234 e. The average Bonchev–Trinajstić information content (AvgIpc) is 2.93. The monoisotopic (exact) mass is 385 g/mol. The Labute approximate surface area is 166 Å². The number of halogens is 1. The highest BCUT2D eigenvalue weighted by atomic mass is 19.1. The van der Waals surface area contributed by atoms with Gasteiger partial charge in [-0.2, -0.15) is 0 Å². The smallest absolute Gasteiger partial charge is 0.234 e. The molecular weight excluding hydrogens is 357 g/mol. The third kappa shape index (κ3) is 6.94. The molecule has 1 fully saturated rings. The lowest BCUT2D eigenvalue weighted by Gasteiger charge is -2.21. The first-order valence-corrected chi connectivity index (χ1v) is 9.83. The predicted molar refractivity (Wildman–Crippen MR) is 108 cm³/mol. The van der Waals surface area contributed by atoms with Gasteiger partial charge in [-0.1, -0.05) is 30.3 Å². The molecule has 0 atom stereocenters. The van der Waals surface area contributed by atoms with Crippen LogP contribution in [0.3, 0.4) is 0 Å². The van der Waals surface area contributed by atoms with Crippen LogP contribution in [0.1, 0.15) is 12.0 Å². The van der Waals surface area contributed by atoms with Crippen LogP contribution >= 0.6 is 0 Å². The fraction of sp³-hybridized carbons (Fsp3) is 0.409. The Kier molecular flexibility index (Phi) is 7.82. The number of carbonyl (C=O) groups is 1. The van der Waals surface area contributed by atoms with Crippen LogP contribution in [0.4, 0.5) is 4.39 Å². The third-order valence-corrected chi connectivity index (χ3v) is 4.80. The molecule has 0 spiro atoms. The van der Waals surface area contributed by atoms with Gasteiger partial charge in [-0.25, -0.2) is 4.39 Å². The van der Waals surface area contributed by atoms with Gasteiger partial charge < -0.3 is 10.1 Å². The highest BCUT2D eigenvalue weighted by molar-refractivity contribution is 5.78. The van der Waals surface area contributed by atoms with Crippen molar-refractivity contribution < 1.29 is 13.9 Å². The molecule has 0 unspecified atom stereocenters. The van der Waals surface area contributed by atoms with E-state index in [9.17, 15) is 9.18 Å². The van der Waals surface area contributed by atoms with Crippen LogP contribution in [0.5, 0.6) is 5.75 Å². The summed E-state index contributed by atoms with van der Waals surface area (Å²) >= 11 is 0. The molecule has 1 saturated heterocycles. The van der Waals surface area contributed by atoms with Crippen LogP contribution in [0.2, 0.25) is 0 Å². The van der Waals surface area contributed by atoms with E-state index < -0.39 is 0 Å². The number of carbonyl (C=O) groups excluding carboxylic acids is 1. The van der Waals surface area contributed by atoms with Crippen molar-refractivity contribution in [1.29, 1.82) is 0 Å². The molecule has 2 aromatic rings. The highest BCUT2D eigenvalue weighted by Crippen LogP contribution is 2.10. The zero-order chi connectivity index (χ0) is 19.6. The van der Waals surface area contributed by atoms with E-state index in [1.807, 2.05) is 42.5 Å². The van der Waals surface area contributed by atoms with Crippen LogP contribution in [0.15, 0.2) is 54.6 Å². The van der Waals surface area contributed by atoms with E-state index in [-0.39, 0.29) is 11.7 Å². The van der Waals surface area contributed by atoms with Crippen LogP contribution < -0.4 is 10.1 Å². The number of amides is 1. The van der Waals surface area contributed by atoms with Gasteiger partial charge in [0.25, 0.3) is 0 Å². The van der Waals surface area contributed by atoms with Crippen LogP contribution in [-0.4, -0.2) is 61.6 Å². The van der Waals surface area contributed by atoms with E-state index in [1.54, 1.807) is 0 Å². The molecule has 5 nitrogen and oxygen atoms in total. The van der Waals surface area contributed by atoms with E-state index in [4.69, 9.17) is 4.74 Å². The number of para-hydroxylation sites is 1. The first-order chi connectivity index (χ1) is 13.7.